The third-order valence-corrected chi connectivity index (χ3v) is 4.27. The van der Waals surface area contributed by atoms with E-state index in [0.29, 0.717) is 12.0 Å². The number of nitrogens with zero attached hydrogens (tertiary/aromatic N) is 1. The molecule has 4 heteroatoms. The normalized spacial score (nSPS) is 24.4. The van der Waals surface area contributed by atoms with E-state index in [0.717, 1.165) is 50.8 Å². The lowest BCUT2D eigenvalue weighted by atomic mass is 10.0. The van der Waals surface area contributed by atoms with Crippen molar-refractivity contribution in [3.8, 4) is 11.5 Å². The summed E-state index contributed by atoms with van der Waals surface area (Å²) in [5, 5.41) is 0. The van der Waals surface area contributed by atoms with Gasteiger partial charge in [-0.3, -0.25) is 4.90 Å². The lowest BCUT2D eigenvalue weighted by Gasteiger charge is -2.18. The Balaban J connectivity index is 1.65. The molecule has 3 rings (SSSR count). The van der Waals surface area contributed by atoms with Gasteiger partial charge in [-0.05, 0) is 43.5 Å². The second-order valence-corrected chi connectivity index (χ2v) is 5.97. The summed E-state index contributed by atoms with van der Waals surface area (Å²) < 4.78 is 11.4. The molecule has 2 atom stereocenters. The maximum Gasteiger partial charge on any atom is 0.161 e. The molecule has 1 saturated heterocycles. The SMILES string of the molecule is CC(N)C1CCN(Cc2ccc3c(c2)OCCCO3)C1. The molecule has 0 radical (unpaired) electrons. The van der Waals surface area contributed by atoms with Gasteiger partial charge in [0.05, 0.1) is 13.2 Å². The Morgan fingerprint density at radius 1 is 1.30 bits per heavy atom. The van der Waals surface area contributed by atoms with E-state index in [9.17, 15) is 0 Å². The molecule has 0 aromatic heterocycles. The zero-order valence-electron chi connectivity index (χ0n) is 12.2. The summed E-state index contributed by atoms with van der Waals surface area (Å²) in [5.74, 6) is 2.40. The van der Waals surface area contributed by atoms with Crippen molar-refractivity contribution in [3.05, 3.63) is 23.8 Å². The second-order valence-electron chi connectivity index (χ2n) is 5.97. The van der Waals surface area contributed by atoms with E-state index < -0.39 is 0 Å². The predicted molar refractivity (Wildman–Crippen MR) is 79.1 cm³/mol. The van der Waals surface area contributed by atoms with Crippen LogP contribution in [0, 0.1) is 5.92 Å². The van der Waals surface area contributed by atoms with Crippen LogP contribution < -0.4 is 15.2 Å². The summed E-state index contributed by atoms with van der Waals surface area (Å²) in [6.45, 7) is 6.82. The van der Waals surface area contributed by atoms with E-state index in [4.69, 9.17) is 15.2 Å². The highest BCUT2D eigenvalue weighted by atomic mass is 16.5. The van der Waals surface area contributed by atoms with Crippen molar-refractivity contribution in [2.24, 2.45) is 11.7 Å². The van der Waals surface area contributed by atoms with E-state index >= 15 is 0 Å². The van der Waals surface area contributed by atoms with Crippen LogP contribution in [0.2, 0.25) is 0 Å². The van der Waals surface area contributed by atoms with Gasteiger partial charge in [-0.1, -0.05) is 6.07 Å². The fourth-order valence-electron chi connectivity index (χ4n) is 3.00. The Labute approximate surface area is 120 Å². The van der Waals surface area contributed by atoms with Gasteiger partial charge in [0.1, 0.15) is 0 Å². The molecule has 0 amide bonds. The first-order valence-corrected chi connectivity index (χ1v) is 7.59. The molecule has 0 bridgehead atoms. The molecule has 2 heterocycles. The van der Waals surface area contributed by atoms with Crippen LogP contribution in [0.3, 0.4) is 0 Å². The fourth-order valence-corrected chi connectivity index (χ4v) is 3.00. The van der Waals surface area contributed by atoms with Crippen LogP contribution in [0.25, 0.3) is 0 Å². The standard InChI is InChI=1S/C16H24N2O2/c1-12(17)14-5-6-18(11-14)10-13-3-4-15-16(9-13)20-8-2-7-19-15/h3-4,9,12,14H,2,5-8,10-11,17H2,1H3. The quantitative estimate of drug-likeness (QED) is 0.917. The monoisotopic (exact) mass is 276 g/mol. The molecule has 0 saturated carbocycles. The molecular weight excluding hydrogens is 252 g/mol. The van der Waals surface area contributed by atoms with Crippen LogP contribution in [0.15, 0.2) is 18.2 Å². The summed E-state index contributed by atoms with van der Waals surface area (Å²) in [6.07, 6.45) is 2.16. The molecule has 0 aliphatic carbocycles. The van der Waals surface area contributed by atoms with Crippen LogP contribution >= 0.6 is 0 Å². The minimum absolute atomic E-state index is 0.295. The van der Waals surface area contributed by atoms with Gasteiger partial charge < -0.3 is 15.2 Å². The van der Waals surface area contributed by atoms with Gasteiger partial charge >= 0.3 is 0 Å². The van der Waals surface area contributed by atoms with Crippen molar-refractivity contribution in [3.63, 3.8) is 0 Å². The van der Waals surface area contributed by atoms with Gasteiger partial charge in [0.15, 0.2) is 11.5 Å². The minimum atomic E-state index is 0.295. The topological polar surface area (TPSA) is 47.7 Å². The zero-order chi connectivity index (χ0) is 13.9. The highest BCUT2D eigenvalue weighted by Crippen LogP contribution is 2.31. The maximum absolute atomic E-state index is 6.00. The van der Waals surface area contributed by atoms with Gasteiger partial charge in [-0.25, -0.2) is 0 Å². The van der Waals surface area contributed by atoms with E-state index in [1.807, 2.05) is 6.07 Å². The number of fused-ring (bicyclic) bond motifs is 1. The molecule has 20 heavy (non-hydrogen) atoms. The van der Waals surface area contributed by atoms with E-state index in [1.165, 1.54) is 12.0 Å². The number of hydrogen-bond acceptors (Lipinski definition) is 4. The van der Waals surface area contributed by atoms with Gasteiger partial charge in [-0.15, -0.1) is 0 Å². The largest absolute Gasteiger partial charge is 0.490 e. The molecule has 2 unspecified atom stereocenters. The van der Waals surface area contributed by atoms with Gasteiger partial charge in [0, 0.05) is 25.6 Å². The Bertz CT molecular complexity index is 462. The van der Waals surface area contributed by atoms with Crippen LogP contribution in [0.4, 0.5) is 0 Å². The van der Waals surface area contributed by atoms with E-state index in [1.54, 1.807) is 0 Å². The Morgan fingerprint density at radius 3 is 2.85 bits per heavy atom. The fraction of sp³-hybridized carbons (Fsp3) is 0.625. The average Bonchev–Trinajstić information content (AvgIpc) is 2.77. The zero-order valence-corrected chi connectivity index (χ0v) is 12.2. The highest BCUT2D eigenvalue weighted by Gasteiger charge is 2.25. The molecule has 1 aromatic rings. The Morgan fingerprint density at radius 2 is 2.10 bits per heavy atom. The van der Waals surface area contributed by atoms with Crippen molar-refractivity contribution in [1.82, 2.24) is 4.90 Å². The summed E-state index contributed by atoms with van der Waals surface area (Å²) in [4.78, 5) is 2.48. The highest BCUT2D eigenvalue weighted by molar-refractivity contribution is 5.43. The first kappa shape index (κ1) is 13.7. The number of hydrogen-bond donors (Lipinski definition) is 1. The maximum atomic E-state index is 6.00. The minimum Gasteiger partial charge on any atom is -0.490 e. The average molecular weight is 276 g/mol. The lowest BCUT2D eigenvalue weighted by molar-refractivity contribution is 0.296. The van der Waals surface area contributed by atoms with Crippen molar-refractivity contribution in [2.75, 3.05) is 26.3 Å². The van der Waals surface area contributed by atoms with Gasteiger partial charge in [-0.2, -0.15) is 0 Å². The molecule has 2 aliphatic rings. The number of ether oxygens (including phenoxy) is 2. The summed E-state index contributed by atoms with van der Waals surface area (Å²) in [6, 6.07) is 6.60. The van der Waals surface area contributed by atoms with Crippen molar-refractivity contribution >= 4 is 0 Å². The smallest absolute Gasteiger partial charge is 0.161 e. The van der Waals surface area contributed by atoms with Crippen molar-refractivity contribution in [1.29, 1.82) is 0 Å². The van der Waals surface area contributed by atoms with Crippen molar-refractivity contribution in [2.45, 2.75) is 32.4 Å². The van der Waals surface area contributed by atoms with Crippen LogP contribution in [-0.4, -0.2) is 37.2 Å². The molecule has 2 N–H and O–H groups in total. The molecular formula is C16H24N2O2. The number of rotatable bonds is 3. The number of benzene rings is 1. The first-order chi connectivity index (χ1) is 9.72. The molecule has 1 aromatic carbocycles. The van der Waals surface area contributed by atoms with Crippen molar-refractivity contribution < 1.29 is 9.47 Å². The molecule has 4 nitrogen and oxygen atoms in total. The lowest BCUT2D eigenvalue weighted by Crippen LogP contribution is -2.29. The van der Waals surface area contributed by atoms with E-state index in [2.05, 4.69) is 24.0 Å². The number of likely N-dealkylation sites (tertiary alicyclic amines) is 1. The van der Waals surface area contributed by atoms with Gasteiger partial charge in [0.2, 0.25) is 0 Å². The third kappa shape index (κ3) is 3.07. The second kappa shape index (κ2) is 6.02. The third-order valence-electron chi connectivity index (χ3n) is 4.27. The number of nitrogens with two attached hydrogens (primary N) is 1. The molecule has 2 aliphatic heterocycles. The predicted octanol–water partition coefficient (Wildman–Crippen LogP) is 2.02. The van der Waals surface area contributed by atoms with Crippen LogP contribution in [0.5, 0.6) is 11.5 Å². The summed E-state index contributed by atoms with van der Waals surface area (Å²) >= 11 is 0. The van der Waals surface area contributed by atoms with E-state index in [-0.39, 0.29) is 0 Å². The first-order valence-electron chi connectivity index (χ1n) is 7.59. The van der Waals surface area contributed by atoms with Crippen LogP contribution in [0.1, 0.15) is 25.3 Å². The molecule has 110 valence electrons. The summed E-state index contributed by atoms with van der Waals surface area (Å²) in [5.41, 5.74) is 7.29. The van der Waals surface area contributed by atoms with Crippen LogP contribution in [-0.2, 0) is 6.54 Å². The molecule has 1 fully saturated rings. The Kier molecular flexibility index (Phi) is 4.13. The molecule has 0 spiro atoms. The van der Waals surface area contributed by atoms with Gasteiger partial charge in [0.25, 0.3) is 0 Å². The summed E-state index contributed by atoms with van der Waals surface area (Å²) in [7, 11) is 0. The Hall–Kier alpha value is -1.26.